The molecule has 0 unspecified atom stereocenters. The van der Waals surface area contributed by atoms with Crippen LogP contribution in [-0.2, 0) is 21.2 Å². The molecule has 1 atom stereocenters. The van der Waals surface area contributed by atoms with Crippen molar-refractivity contribution in [1.29, 1.82) is 0 Å². The standard InChI is InChI=1S/C21H23FN2O6S/c1-21(20(26)23-27,31(3,28)29)10-11-24-12-17-16(19(24)25)9-8-15(18(17)22)13-4-6-14(30-2)7-5-13/h4-9,27H,10-12H2,1-3H3,(H,23,26)/t21-/m1/s1. The quantitative estimate of drug-likeness (QED) is 0.494. The van der Waals surface area contributed by atoms with Crippen molar-refractivity contribution in [3.05, 3.63) is 53.3 Å². The maximum Gasteiger partial charge on any atom is 0.264 e. The van der Waals surface area contributed by atoms with Gasteiger partial charge in [-0.3, -0.25) is 14.8 Å². The van der Waals surface area contributed by atoms with Crippen LogP contribution in [0, 0.1) is 5.82 Å². The Morgan fingerprint density at radius 2 is 1.84 bits per heavy atom. The molecule has 0 saturated carbocycles. The largest absolute Gasteiger partial charge is 0.497 e. The number of sulfone groups is 1. The molecule has 2 amide bonds. The van der Waals surface area contributed by atoms with Gasteiger partial charge in [-0.15, -0.1) is 0 Å². The lowest BCUT2D eigenvalue weighted by Gasteiger charge is -2.27. The summed E-state index contributed by atoms with van der Waals surface area (Å²) in [7, 11) is -2.37. The second-order valence-electron chi connectivity index (χ2n) is 7.60. The molecule has 3 rings (SSSR count). The lowest BCUT2D eigenvalue weighted by atomic mass is 9.99. The minimum Gasteiger partial charge on any atom is -0.497 e. The summed E-state index contributed by atoms with van der Waals surface area (Å²) < 4.78 is 42.6. The first-order valence-electron chi connectivity index (χ1n) is 9.42. The number of ether oxygens (including phenoxy) is 1. The summed E-state index contributed by atoms with van der Waals surface area (Å²) in [5.74, 6) is -1.44. The Hall–Kier alpha value is -2.98. The van der Waals surface area contributed by atoms with Crippen molar-refractivity contribution < 1.29 is 32.3 Å². The van der Waals surface area contributed by atoms with Crippen LogP contribution in [-0.4, -0.2) is 55.0 Å². The molecule has 0 saturated heterocycles. The lowest BCUT2D eigenvalue weighted by Crippen LogP contribution is -2.50. The van der Waals surface area contributed by atoms with Crippen LogP contribution in [0.15, 0.2) is 36.4 Å². The van der Waals surface area contributed by atoms with Gasteiger partial charge in [0.15, 0.2) is 14.6 Å². The number of halogens is 1. The van der Waals surface area contributed by atoms with Crippen LogP contribution in [0.4, 0.5) is 4.39 Å². The Morgan fingerprint density at radius 3 is 2.39 bits per heavy atom. The van der Waals surface area contributed by atoms with Gasteiger partial charge in [-0.05, 0) is 37.1 Å². The molecule has 1 heterocycles. The zero-order valence-corrected chi connectivity index (χ0v) is 18.1. The first-order valence-corrected chi connectivity index (χ1v) is 11.3. The van der Waals surface area contributed by atoms with Gasteiger partial charge in [-0.25, -0.2) is 18.3 Å². The second kappa shape index (κ2) is 8.27. The van der Waals surface area contributed by atoms with Crippen molar-refractivity contribution in [2.75, 3.05) is 19.9 Å². The Labute approximate surface area is 179 Å². The summed E-state index contributed by atoms with van der Waals surface area (Å²) in [5.41, 5.74) is 2.73. The van der Waals surface area contributed by atoms with Gasteiger partial charge in [0.2, 0.25) is 0 Å². The van der Waals surface area contributed by atoms with Gasteiger partial charge < -0.3 is 9.64 Å². The number of carbonyl (C=O) groups is 2. The van der Waals surface area contributed by atoms with Crippen molar-refractivity contribution >= 4 is 21.7 Å². The highest BCUT2D eigenvalue weighted by Gasteiger charge is 2.44. The van der Waals surface area contributed by atoms with Crippen LogP contribution in [0.5, 0.6) is 5.75 Å². The van der Waals surface area contributed by atoms with Crippen molar-refractivity contribution in [2.24, 2.45) is 0 Å². The van der Waals surface area contributed by atoms with E-state index in [1.54, 1.807) is 24.3 Å². The van der Waals surface area contributed by atoms with Gasteiger partial charge in [-0.2, -0.15) is 0 Å². The van der Waals surface area contributed by atoms with E-state index in [0.717, 1.165) is 6.26 Å². The fourth-order valence-corrected chi connectivity index (χ4v) is 4.36. The molecule has 31 heavy (non-hydrogen) atoms. The normalized spacial score (nSPS) is 15.4. The van der Waals surface area contributed by atoms with Gasteiger partial charge in [0.05, 0.1) is 7.11 Å². The second-order valence-corrected chi connectivity index (χ2v) is 10.0. The van der Waals surface area contributed by atoms with Gasteiger partial charge in [0.1, 0.15) is 11.6 Å². The Balaban J connectivity index is 1.85. The molecule has 166 valence electrons. The summed E-state index contributed by atoms with van der Waals surface area (Å²) in [4.78, 5) is 26.0. The van der Waals surface area contributed by atoms with Crippen molar-refractivity contribution in [3.8, 4) is 16.9 Å². The highest BCUT2D eigenvalue weighted by atomic mass is 32.2. The number of hydrogen-bond acceptors (Lipinski definition) is 6. The smallest absolute Gasteiger partial charge is 0.264 e. The third-order valence-electron chi connectivity index (χ3n) is 5.77. The van der Waals surface area contributed by atoms with Crippen LogP contribution < -0.4 is 10.2 Å². The zero-order chi connectivity index (χ0) is 23.0. The van der Waals surface area contributed by atoms with Crippen LogP contribution in [0.1, 0.15) is 29.3 Å². The minimum atomic E-state index is -3.90. The topological polar surface area (TPSA) is 113 Å². The molecule has 0 spiro atoms. The molecule has 2 aromatic carbocycles. The highest BCUT2D eigenvalue weighted by Crippen LogP contribution is 2.34. The van der Waals surface area contributed by atoms with Crippen LogP contribution in [0.25, 0.3) is 11.1 Å². The SMILES string of the molecule is COc1ccc(-c2ccc3c(c2F)CN(CC[C@](C)(C(=O)NO)S(C)(=O)=O)C3=O)cc1. The van der Waals surface area contributed by atoms with Crippen LogP contribution in [0.2, 0.25) is 0 Å². The molecule has 0 fully saturated rings. The third-order valence-corrected chi connectivity index (χ3v) is 7.80. The van der Waals surface area contributed by atoms with E-state index in [4.69, 9.17) is 9.94 Å². The molecule has 0 aromatic heterocycles. The number of carbonyl (C=O) groups excluding carboxylic acids is 2. The molecular weight excluding hydrogens is 427 g/mol. The van der Waals surface area contributed by atoms with Crippen molar-refractivity contribution in [2.45, 2.75) is 24.6 Å². The molecule has 1 aliphatic rings. The van der Waals surface area contributed by atoms with Gasteiger partial charge in [-0.1, -0.05) is 18.2 Å². The Bertz CT molecular complexity index is 1130. The molecule has 0 radical (unpaired) electrons. The van der Waals surface area contributed by atoms with E-state index in [0.29, 0.717) is 16.9 Å². The molecule has 1 aliphatic heterocycles. The van der Waals surface area contributed by atoms with E-state index >= 15 is 4.39 Å². The minimum absolute atomic E-state index is 0.0510. The molecule has 8 nitrogen and oxygen atoms in total. The third kappa shape index (κ3) is 4.00. The Morgan fingerprint density at radius 1 is 1.23 bits per heavy atom. The van der Waals surface area contributed by atoms with E-state index in [1.165, 1.54) is 36.5 Å². The number of amides is 2. The first-order chi connectivity index (χ1) is 14.5. The summed E-state index contributed by atoms with van der Waals surface area (Å²) in [6.45, 7) is 1.01. The van der Waals surface area contributed by atoms with Gasteiger partial charge in [0, 0.05) is 36.0 Å². The molecular formula is C21H23FN2O6S. The van der Waals surface area contributed by atoms with Gasteiger partial charge in [0.25, 0.3) is 11.8 Å². The summed E-state index contributed by atoms with van der Waals surface area (Å²) >= 11 is 0. The molecule has 2 aromatic rings. The van der Waals surface area contributed by atoms with E-state index in [-0.39, 0.29) is 30.6 Å². The van der Waals surface area contributed by atoms with Crippen LogP contribution in [0.3, 0.4) is 0 Å². The summed E-state index contributed by atoms with van der Waals surface area (Å²) in [6.07, 6.45) is 0.620. The predicted molar refractivity (Wildman–Crippen MR) is 111 cm³/mol. The number of nitrogens with zero attached hydrogens (tertiary/aromatic N) is 1. The van der Waals surface area contributed by atoms with E-state index in [9.17, 15) is 18.0 Å². The van der Waals surface area contributed by atoms with E-state index in [2.05, 4.69) is 0 Å². The summed E-state index contributed by atoms with van der Waals surface area (Å²) in [5, 5.41) is 8.93. The zero-order valence-electron chi connectivity index (χ0n) is 17.3. The molecule has 10 heteroatoms. The average molecular weight is 450 g/mol. The average Bonchev–Trinajstić information content (AvgIpc) is 3.07. The number of benzene rings is 2. The van der Waals surface area contributed by atoms with Crippen molar-refractivity contribution in [3.63, 3.8) is 0 Å². The predicted octanol–water partition coefficient (Wildman–Crippen LogP) is 2.16. The Kier molecular flexibility index (Phi) is 6.06. The van der Waals surface area contributed by atoms with Crippen LogP contribution >= 0.6 is 0 Å². The highest BCUT2D eigenvalue weighted by molar-refractivity contribution is 7.92. The lowest BCUT2D eigenvalue weighted by molar-refractivity contribution is -0.131. The van der Waals surface area contributed by atoms with E-state index < -0.39 is 32.2 Å². The maximum atomic E-state index is 15.2. The first kappa shape index (κ1) is 22.7. The molecule has 0 bridgehead atoms. The monoisotopic (exact) mass is 450 g/mol. The maximum absolute atomic E-state index is 15.2. The number of hydroxylamine groups is 1. The number of fused-ring (bicyclic) bond motifs is 1. The number of methoxy groups -OCH3 is 1. The van der Waals surface area contributed by atoms with Crippen molar-refractivity contribution in [1.82, 2.24) is 10.4 Å². The summed E-state index contributed by atoms with van der Waals surface area (Å²) in [6, 6.07) is 9.90. The molecule has 2 N–H and O–H groups in total. The fourth-order valence-electron chi connectivity index (χ4n) is 3.52. The number of hydrogen-bond donors (Lipinski definition) is 2. The number of rotatable bonds is 7. The number of nitrogens with one attached hydrogen (secondary N) is 1. The molecule has 0 aliphatic carbocycles. The fraction of sp³-hybridized carbons (Fsp3) is 0.333. The van der Waals surface area contributed by atoms with Gasteiger partial charge >= 0.3 is 0 Å². The van der Waals surface area contributed by atoms with E-state index in [1.807, 2.05) is 0 Å².